The monoisotopic (exact) mass is 549 g/mol. The number of thiocarbonyl (C=S) groups is 1. The Morgan fingerprint density at radius 3 is 2.28 bits per heavy atom. The normalized spacial score (nSPS) is 11.2. The van der Waals surface area contributed by atoms with Gasteiger partial charge in [-0.2, -0.15) is 0 Å². The molecule has 0 aliphatic rings. The molecule has 0 amide bonds. The van der Waals surface area contributed by atoms with Crippen molar-refractivity contribution in [3.8, 4) is 28.7 Å². The minimum absolute atomic E-state index is 0.0476. The van der Waals surface area contributed by atoms with E-state index < -0.39 is 5.97 Å². The van der Waals surface area contributed by atoms with Gasteiger partial charge in [-0.15, -0.1) is 0 Å². The summed E-state index contributed by atoms with van der Waals surface area (Å²) < 4.78 is 18.1. The molecule has 0 heterocycles. The summed E-state index contributed by atoms with van der Waals surface area (Å²) in [5.74, 6) is 1.15. The number of rotatable bonds is 14. The van der Waals surface area contributed by atoms with Gasteiger partial charge >= 0.3 is 5.97 Å². The zero-order valence-corrected chi connectivity index (χ0v) is 23.3. The van der Waals surface area contributed by atoms with Crippen LogP contribution >= 0.6 is 12.2 Å². The van der Waals surface area contributed by atoms with E-state index in [1.165, 1.54) is 6.07 Å². The molecule has 3 aromatic carbocycles. The molecule has 0 atom stereocenters. The topological polar surface area (TPSA) is 111 Å². The number of hydrogen-bond donors (Lipinski definition) is 3. The SMILES string of the molecule is CCCc1c(OCCCOc2cc(O)c(C(=S)/C=C(/C)N)cc2CC)cccc1Oc1ccccc1C(=O)O. The number of phenolic OH excluding ortho intramolecular Hbond substituents is 1. The Kier molecular flexibility index (Phi) is 10.8. The molecule has 0 saturated carbocycles. The third-order valence-electron chi connectivity index (χ3n) is 5.92. The van der Waals surface area contributed by atoms with Crippen LogP contribution in [0.1, 0.15) is 60.7 Å². The smallest absolute Gasteiger partial charge is 0.339 e. The highest BCUT2D eigenvalue weighted by Gasteiger charge is 2.16. The second-order valence-electron chi connectivity index (χ2n) is 9.02. The van der Waals surface area contributed by atoms with E-state index in [1.54, 1.807) is 37.3 Å². The van der Waals surface area contributed by atoms with Gasteiger partial charge in [0.2, 0.25) is 0 Å². The second kappa shape index (κ2) is 14.2. The third-order valence-corrected chi connectivity index (χ3v) is 6.25. The number of aromatic hydroxyl groups is 1. The van der Waals surface area contributed by atoms with Crippen molar-refractivity contribution in [2.75, 3.05) is 13.2 Å². The average Bonchev–Trinajstić information content (AvgIpc) is 2.90. The first-order valence-corrected chi connectivity index (χ1v) is 13.4. The molecule has 8 heteroatoms. The fourth-order valence-electron chi connectivity index (χ4n) is 4.05. The van der Waals surface area contributed by atoms with Gasteiger partial charge in [-0.25, -0.2) is 4.79 Å². The number of para-hydroxylation sites is 1. The number of carboxylic acid groups (broad SMARTS) is 1. The van der Waals surface area contributed by atoms with Crippen molar-refractivity contribution in [2.24, 2.45) is 5.73 Å². The van der Waals surface area contributed by atoms with Gasteiger partial charge in [-0.05, 0) is 61.7 Å². The molecule has 0 unspecified atom stereocenters. The number of carbonyl (C=O) groups is 1. The predicted molar refractivity (Wildman–Crippen MR) is 157 cm³/mol. The number of nitrogens with two attached hydrogens (primary N) is 1. The van der Waals surface area contributed by atoms with Crippen LogP contribution in [0, 0.1) is 0 Å². The molecule has 0 aliphatic heterocycles. The molecule has 39 heavy (non-hydrogen) atoms. The van der Waals surface area contributed by atoms with Crippen molar-refractivity contribution in [3.63, 3.8) is 0 Å². The van der Waals surface area contributed by atoms with Crippen molar-refractivity contribution in [3.05, 3.63) is 88.6 Å². The van der Waals surface area contributed by atoms with E-state index in [2.05, 4.69) is 6.92 Å². The van der Waals surface area contributed by atoms with Crippen LogP contribution < -0.4 is 19.9 Å². The minimum Gasteiger partial charge on any atom is -0.507 e. The van der Waals surface area contributed by atoms with Crippen LogP contribution in [0.2, 0.25) is 0 Å². The first-order chi connectivity index (χ1) is 18.7. The van der Waals surface area contributed by atoms with E-state index in [4.69, 9.17) is 32.2 Å². The summed E-state index contributed by atoms with van der Waals surface area (Å²) in [5, 5.41) is 20.0. The number of phenols is 1. The van der Waals surface area contributed by atoms with Crippen LogP contribution in [0.4, 0.5) is 0 Å². The van der Waals surface area contributed by atoms with E-state index in [0.29, 0.717) is 65.8 Å². The van der Waals surface area contributed by atoms with Crippen molar-refractivity contribution in [1.82, 2.24) is 0 Å². The quantitative estimate of drug-likeness (QED) is 0.0869. The van der Waals surface area contributed by atoms with Crippen LogP contribution in [0.25, 0.3) is 0 Å². The fourth-order valence-corrected chi connectivity index (χ4v) is 4.40. The van der Waals surface area contributed by atoms with Gasteiger partial charge in [-0.3, -0.25) is 0 Å². The lowest BCUT2D eigenvalue weighted by Crippen LogP contribution is -2.08. The van der Waals surface area contributed by atoms with Gasteiger partial charge in [-0.1, -0.05) is 50.7 Å². The van der Waals surface area contributed by atoms with Crippen LogP contribution in [-0.4, -0.2) is 34.3 Å². The highest BCUT2D eigenvalue weighted by Crippen LogP contribution is 2.35. The number of aryl methyl sites for hydroxylation is 1. The van der Waals surface area contributed by atoms with Crippen LogP contribution in [0.5, 0.6) is 28.7 Å². The second-order valence-corrected chi connectivity index (χ2v) is 9.46. The Balaban J connectivity index is 1.66. The van der Waals surface area contributed by atoms with E-state index in [9.17, 15) is 15.0 Å². The van der Waals surface area contributed by atoms with Crippen LogP contribution in [0.15, 0.2) is 66.4 Å². The maximum Gasteiger partial charge on any atom is 0.339 e. The summed E-state index contributed by atoms with van der Waals surface area (Å²) in [5.41, 5.74) is 8.77. The first kappa shape index (κ1) is 29.5. The Morgan fingerprint density at radius 2 is 1.62 bits per heavy atom. The molecule has 0 bridgehead atoms. The van der Waals surface area contributed by atoms with Gasteiger partial charge < -0.3 is 30.2 Å². The summed E-state index contributed by atoms with van der Waals surface area (Å²) >= 11 is 5.39. The molecule has 0 fully saturated rings. The molecular weight excluding hydrogens is 514 g/mol. The molecule has 0 radical (unpaired) electrons. The average molecular weight is 550 g/mol. The molecule has 7 nitrogen and oxygen atoms in total. The van der Waals surface area contributed by atoms with E-state index >= 15 is 0 Å². The minimum atomic E-state index is -1.05. The Labute approximate surface area is 234 Å². The number of benzene rings is 3. The highest BCUT2D eigenvalue weighted by molar-refractivity contribution is 7.81. The van der Waals surface area contributed by atoms with Crippen molar-refractivity contribution < 1.29 is 29.2 Å². The lowest BCUT2D eigenvalue weighted by Gasteiger charge is -2.17. The lowest BCUT2D eigenvalue weighted by molar-refractivity contribution is 0.0694. The molecule has 0 aliphatic carbocycles. The molecule has 0 aromatic heterocycles. The summed E-state index contributed by atoms with van der Waals surface area (Å²) in [6.45, 7) is 6.62. The molecule has 0 spiro atoms. The Bertz CT molecular complexity index is 1350. The molecule has 3 rings (SSSR count). The van der Waals surface area contributed by atoms with Gasteiger partial charge in [0.05, 0.1) is 18.1 Å². The highest BCUT2D eigenvalue weighted by atomic mass is 32.1. The van der Waals surface area contributed by atoms with Crippen molar-refractivity contribution in [2.45, 2.75) is 46.5 Å². The zero-order chi connectivity index (χ0) is 28.4. The van der Waals surface area contributed by atoms with E-state index in [1.807, 2.05) is 31.2 Å². The predicted octanol–water partition coefficient (Wildman–Crippen LogP) is 6.83. The Hall–Kier alpha value is -4.04. The zero-order valence-electron chi connectivity index (χ0n) is 22.5. The summed E-state index contributed by atoms with van der Waals surface area (Å²) in [6, 6.07) is 15.5. The summed E-state index contributed by atoms with van der Waals surface area (Å²) in [4.78, 5) is 12.1. The molecule has 4 N–H and O–H groups in total. The summed E-state index contributed by atoms with van der Waals surface area (Å²) in [6.07, 6.45) is 4.55. The van der Waals surface area contributed by atoms with E-state index in [0.717, 1.165) is 17.5 Å². The molecular formula is C31H35NO6S. The van der Waals surface area contributed by atoms with Crippen LogP contribution in [0.3, 0.4) is 0 Å². The summed E-state index contributed by atoms with van der Waals surface area (Å²) in [7, 11) is 0. The maximum absolute atomic E-state index is 11.6. The molecule has 0 saturated heterocycles. The third kappa shape index (κ3) is 7.97. The standard InChI is InChI=1S/C31H35NO6S/c1-4-10-22-26(13-8-14-27(22)38-28-12-7-6-11-23(28)31(34)35)36-15-9-16-37-29-19-25(33)24(18-21(29)5-2)30(39)17-20(3)32/h6-8,11-14,17-19,33H,4-5,9-10,15-16,32H2,1-3H3,(H,34,35)/b20-17-. The molecule has 3 aromatic rings. The Morgan fingerprint density at radius 1 is 0.949 bits per heavy atom. The van der Waals surface area contributed by atoms with Gasteiger partial charge in [0.1, 0.15) is 34.3 Å². The van der Waals surface area contributed by atoms with Gasteiger partial charge in [0, 0.05) is 29.3 Å². The first-order valence-electron chi connectivity index (χ1n) is 13.0. The lowest BCUT2D eigenvalue weighted by atomic mass is 10.0. The number of allylic oxidation sites excluding steroid dienone is 2. The molecule has 206 valence electrons. The maximum atomic E-state index is 11.6. The number of aromatic carboxylic acids is 1. The van der Waals surface area contributed by atoms with E-state index in [-0.39, 0.29) is 17.1 Å². The van der Waals surface area contributed by atoms with Crippen molar-refractivity contribution in [1.29, 1.82) is 0 Å². The largest absolute Gasteiger partial charge is 0.507 e. The number of ether oxygens (including phenoxy) is 3. The van der Waals surface area contributed by atoms with Crippen LogP contribution in [-0.2, 0) is 12.8 Å². The fraction of sp³-hybridized carbons (Fsp3) is 0.290. The number of hydrogen-bond acceptors (Lipinski definition) is 7. The van der Waals surface area contributed by atoms with Crippen molar-refractivity contribution >= 4 is 23.1 Å². The number of carboxylic acids is 1. The van der Waals surface area contributed by atoms with Gasteiger partial charge in [0.25, 0.3) is 0 Å². The van der Waals surface area contributed by atoms with Gasteiger partial charge in [0.15, 0.2) is 0 Å².